The van der Waals surface area contributed by atoms with Crippen LogP contribution in [-0.2, 0) is 4.79 Å². The Morgan fingerprint density at radius 2 is 2.25 bits per heavy atom. The highest BCUT2D eigenvalue weighted by Gasteiger charge is 2.11. The lowest BCUT2D eigenvalue weighted by atomic mass is 10.1. The highest BCUT2D eigenvalue weighted by atomic mass is 16.3. The number of pyridine rings is 1. The first-order valence-corrected chi connectivity index (χ1v) is 5.06. The van der Waals surface area contributed by atoms with Gasteiger partial charge < -0.3 is 10.0 Å². The van der Waals surface area contributed by atoms with Crippen molar-refractivity contribution in [2.45, 2.75) is 6.92 Å². The average Bonchev–Trinajstić information content (AvgIpc) is 2.34. The minimum atomic E-state index is 0.0482. The molecule has 0 bridgehead atoms. The molecule has 0 fully saturated rings. The molecule has 0 radical (unpaired) electrons. The summed E-state index contributed by atoms with van der Waals surface area (Å²) in [4.78, 5) is 16.4. The second-order valence-corrected chi connectivity index (χ2v) is 3.40. The number of nitrogens with zero attached hydrogens (tertiary/aromatic N) is 2. The smallest absolute Gasteiger partial charge is 0.214 e. The third-order valence-electron chi connectivity index (χ3n) is 2.50. The van der Waals surface area contributed by atoms with Gasteiger partial charge in [0, 0.05) is 18.1 Å². The number of phenolic OH excluding ortho intramolecular Hbond substituents is 1. The number of anilines is 1. The first-order valence-electron chi connectivity index (χ1n) is 5.06. The van der Waals surface area contributed by atoms with Gasteiger partial charge in [-0.3, -0.25) is 9.78 Å². The maximum Gasteiger partial charge on any atom is 0.214 e. The zero-order chi connectivity index (χ0) is 11.5. The number of phenols is 1. The zero-order valence-electron chi connectivity index (χ0n) is 8.92. The van der Waals surface area contributed by atoms with Crippen LogP contribution < -0.4 is 4.90 Å². The van der Waals surface area contributed by atoms with E-state index >= 15 is 0 Å². The molecular formula is C12H12N2O2. The Kier molecular flexibility index (Phi) is 2.72. The van der Waals surface area contributed by atoms with E-state index in [-0.39, 0.29) is 5.75 Å². The molecule has 0 atom stereocenters. The summed E-state index contributed by atoms with van der Waals surface area (Å²) in [5, 5.41) is 10.9. The number of fused-ring (bicyclic) bond motifs is 1. The summed E-state index contributed by atoms with van der Waals surface area (Å²) in [7, 11) is 0. The molecule has 4 nitrogen and oxygen atoms in total. The molecule has 1 N–H and O–H groups in total. The number of benzene rings is 1. The lowest BCUT2D eigenvalue weighted by Gasteiger charge is -2.16. The Hall–Kier alpha value is -2.10. The standard InChI is InChI=1S/C12H12N2O2/c1-2-14(8-15)10-6-5-9-4-3-7-13-11(9)12(10)16/h3-8,16H,2H2,1H3. The van der Waals surface area contributed by atoms with Crippen LogP contribution in [0.4, 0.5) is 5.69 Å². The quantitative estimate of drug-likeness (QED) is 0.797. The molecule has 82 valence electrons. The molecule has 0 aliphatic heterocycles. The van der Waals surface area contributed by atoms with E-state index in [9.17, 15) is 9.90 Å². The molecule has 1 heterocycles. The Morgan fingerprint density at radius 3 is 2.94 bits per heavy atom. The Bertz CT molecular complexity index is 525. The number of carbonyl (C=O) groups excluding carboxylic acids is 1. The van der Waals surface area contributed by atoms with E-state index in [4.69, 9.17) is 0 Å². The number of hydrogen-bond acceptors (Lipinski definition) is 3. The molecular weight excluding hydrogens is 204 g/mol. The minimum absolute atomic E-state index is 0.0482. The van der Waals surface area contributed by atoms with E-state index in [1.54, 1.807) is 18.3 Å². The number of hydrogen-bond donors (Lipinski definition) is 1. The van der Waals surface area contributed by atoms with Crippen LogP contribution in [0.1, 0.15) is 6.92 Å². The highest BCUT2D eigenvalue weighted by Crippen LogP contribution is 2.32. The van der Waals surface area contributed by atoms with Crippen molar-refractivity contribution in [1.29, 1.82) is 0 Å². The van der Waals surface area contributed by atoms with Gasteiger partial charge in [0.15, 0.2) is 5.75 Å². The predicted molar refractivity (Wildman–Crippen MR) is 62.5 cm³/mol. The topological polar surface area (TPSA) is 53.4 Å². The first kappa shape index (κ1) is 10.4. The molecule has 0 spiro atoms. The van der Waals surface area contributed by atoms with Crippen molar-refractivity contribution in [1.82, 2.24) is 4.98 Å². The zero-order valence-corrected chi connectivity index (χ0v) is 8.92. The fourth-order valence-corrected chi connectivity index (χ4v) is 1.65. The van der Waals surface area contributed by atoms with Crippen LogP contribution in [0.25, 0.3) is 10.9 Å². The Morgan fingerprint density at radius 1 is 1.44 bits per heavy atom. The number of amides is 1. The van der Waals surface area contributed by atoms with Crippen LogP contribution in [0.2, 0.25) is 0 Å². The van der Waals surface area contributed by atoms with E-state index in [1.165, 1.54) is 4.90 Å². The maximum absolute atomic E-state index is 10.8. The fraction of sp³-hybridized carbons (Fsp3) is 0.167. The van der Waals surface area contributed by atoms with Gasteiger partial charge in [0.05, 0.1) is 5.69 Å². The molecule has 0 unspecified atom stereocenters. The third kappa shape index (κ3) is 1.58. The molecule has 0 saturated heterocycles. The molecule has 0 aliphatic carbocycles. The highest BCUT2D eigenvalue weighted by molar-refractivity contribution is 5.93. The van der Waals surface area contributed by atoms with E-state index in [0.29, 0.717) is 24.2 Å². The molecule has 0 saturated carbocycles. The molecule has 16 heavy (non-hydrogen) atoms. The van der Waals surface area contributed by atoms with Gasteiger partial charge in [0.2, 0.25) is 6.41 Å². The predicted octanol–water partition coefficient (Wildman–Crippen LogP) is 1.92. The van der Waals surface area contributed by atoms with E-state index in [1.807, 2.05) is 19.1 Å². The molecule has 1 aromatic carbocycles. The molecule has 2 aromatic rings. The third-order valence-corrected chi connectivity index (χ3v) is 2.50. The van der Waals surface area contributed by atoms with Gasteiger partial charge in [-0.15, -0.1) is 0 Å². The van der Waals surface area contributed by atoms with Crippen LogP contribution in [0, 0.1) is 0 Å². The van der Waals surface area contributed by atoms with Crippen molar-refractivity contribution in [3.63, 3.8) is 0 Å². The van der Waals surface area contributed by atoms with Crippen LogP contribution in [0.15, 0.2) is 30.5 Å². The summed E-state index contributed by atoms with van der Waals surface area (Å²) in [6.45, 7) is 2.35. The molecule has 1 aromatic heterocycles. The van der Waals surface area contributed by atoms with Crippen LogP contribution in [-0.4, -0.2) is 23.0 Å². The van der Waals surface area contributed by atoms with Crippen molar-refractivity contribution in [2.24, 2.45) is 0 Å². The maximum atomic E-state index is 10.8. The number of rotatable bonds is 3. The van der Waals surface area contributed by atoms with E-state index < -0.39 is 0 Å². The Balaban J connectivity index is 2.64. The fourth-order valence-electron chi connectivity index (χ4n) is 1.65. The molecule has 1 amide bonds. The summed E-state index contributed by atoms with van der Waals surface area (Å²) < 4.78 is 0. The van der Waals surface area contributed by atoms with E-state index in [0.717, 1.165) is 5.39 Å². The normalized spacial score (nSPS) is 10.3. The van der Waals surface area contributed by atoms with Gasteiger partial charge >= 0.3 is 0 Å². The van der Waals surface area contributed by atoms with Gasteiger partial charge in [-0.25, -0.2) is 0 Å². The van der Waals surface area contributed by atoms with E-state index in [2.05, 4.69) is 4.98 Å². The second-order valence-electron chi connectivity index (χ2n) is 3.40. The summed E-state index contributed by atoms with van der Waals surface area (Å²) >= 11 is 0. The van der Waals surface area contributed by atoms with Crippen molar-refractivity contribution in [2.75, 3.05) is 11.4 Å². The second kappa shape index (κ2) is 4.18. The largest absolute Gasteiger partial charge is 0.504 e. The number of carbonyl (C=O) groups is 1. The van der Waals surface area contributed by atoms with Crippen molar-refractivity contribution in [3.8, 4) is 5.75 Å². The summed E-state index contributed by atoms with van der Waals surface area (Å²) in [6, 6.07) is 7.22. The lowest BCUT2D eigenvalue weighted by Crippen LogP contribution is -2.20. The Labute approximate surface area is 93.1 Å². The SMILES string of the molecule is CCN(C=O)c1ccc2cccnc2c1O. The lowest BCUT2D eigenvalue weighted by molar-refractivity contribution is -0.107. The van der Waals surface area contributed by atoms with Crippen molar-refractivity contribution < 1.29 is 9.90 Å². The van der Waals surface area contributed by atoms with Crippen LogP contribution in [0.5, 0.6) is 5.75 Å². The van der Waals surface area contributed by atoms with Gasteiger partial charge in [0.25, 0.3) is 0 Å². The first-order chi connectivity index (χ1) is 7.77. The number of aromatic hydroxyl groups is 1. The molecule has 0 aliphatic rings. The van der Waals surface area contributed by atoms with Gasteiger partial charge in [-0.05, 0) is 19.1 Å². The van der Waals surface area contributed by atoms with Crippen LogP contribution in [0.3, 0.4) is 0 Å². The minimum Gasteiger partial charge on any atom is -0.504 e. The van der Waals surface area contributed by atoms with Crippen molar-refractivity contribution >= 4 is 23.0 Å². The summed E-state index contributed by atoms with van der Waals surface area (Å²) in [5.41, 5.74) is 1.00. The monoisotopic (exact) mass is 216 g/mol. The van der Waals surface area contributed by atoms with Gasteiger partial charge in [0.1, 0.15) is 5.52 Å². The molecule has 4 heteroatoms. The summed E-state index contributed by atoms with van der Waals surface area (Å²) in [6.07, 6.45) is 2.31. The van der Waals surface area contributed by atoms with Crippen LogP contribution >= 0.6 is 0 Å². The summed E-state index contributed by atoms with van der Waals surface area (Å²) in [5.74, 6) is 0.0482. The number of aromatic nitrogens is 1. The van der Waals surface area contributed by atoms with Gasteiger partial charge in [-0.2, -0.15) is 0 Å². The van der Waals surface area contributed by atoms with Crippen molar-refractivity contribution in [3.05, 3.63) is 30.5 Å². The average molecular weight is 216 g/mol. The van der Waals surface area contributed by atoms with Gasteiger partial charge in [-0.1, -0.05) is 12.1 Å². The molecule has 2 rings (SSSR count).